The van der Waals surface area contributed by atoms with Crippen molar-refractivity contribution in [3.8, 4) is 0 Å². The normalized spacial score (nSPS) is 11.6. The summed E-state index contributed by atoms with van der Waals surface area (Å²) in [6.45, 7) is 0.511. The number of amides is 1. The molecule has 9 heteroatoms. The lowest BCUT2D eigenvalue weighted by molar-refractivity contribution is -0.121. The molecule has 0 aliphatic rings. The molecular formula is C20H18N6O3. The number of para-hydroxylation sites is 2. The van der Waals surface area contributed by atoms with Crippen LogP contribution in [0.5, 0.6) is 0 Å². The van der Waals surface area contributed by atoms with E-state index in [0.29, 0.717) is 17.6 Å². The topological polar surface area (TPSA) is 99.4 Å². The summed E-state index contributed by atoms with van der Waals surface area (Å²) in [4.78, 5) is 29.4. The van der Waals surface area contributed by atoms with Crippen LogP contribution in [0.15, 0.2) is 58.2 Å². The minimum absolute atomic E-state index is 0.143. The Bertz CT molecular complexity index is 1420. The number of imidazole rings is 1. The van der Waals surface area contributed by atoms with E-state index in [1.165, 1.54) is 4.68 Å². The SMILES string of the molecule is Cn1c(CNC(=O)CCn2ncn3c(cc4occc43)c2=O)nc2ccccc21. The Morgan fingerprint density at radius 1 is 1.17 bits per heavy atom. The fraction of sp³-hybridized carbons (Fsp3) is 0.200. The molecule has 0 fully saturated rings. The van der Waals surface area contributed by atoms with Gasteiger partial charge in [0.25, 0.3) is 5.56 Å². The third kappa shape index (κ3) is 2.87. The number of carbonyl (C=O) groups is 1. The third-order valence-corrected chi connectivity index (χ3v) is 5.09. The van der Waals surface area contributed by atoms with E-state index in [1.807, 2.05) is 35.9 Å². The molecule has 1 aromatic carbocycles. The van der Waals surface area contributed by atoms with Crippen LogP contribution in [0.2, 0.25) is 0 Å². The average molecular weight is 390 g/mol. The largest absolute Gasteiger partial charge is 0.463 e. The molecule has 0 saturated carbocycles. The van der Waals surface area contributed by atoms with Gasteiger partial charge in [-0.15, -0.1) is 0 Å². The highest BCUT2D eigenvalue weighted by atomic mass is 16.3. The van der Waals surface area contributed by atoms with E-state index in [9.17, 15) is 9.59 Å². The maximum Gasteiger partial charge on any atom is 0.291 e. The van der Waals surface area contributed by atoms with Crippen molar-refractivity contribution in [3.63, 3.8) is 0 Å². The number of fused-ring (bicyclic) bond motifs is 4. The molecule has 0 aliphatic carbocycles. The van der Waals surface area contributed by atoms with Crippen molar-refractivity contribution in [2.75, 3.05) is 0 Å². The first-order valence-corrected chi connectivity index (χ1v) is 9.23. The van der Waals surface area contributed by atoms with Gasteiger partial charge in [-0.2, -0.15) is 5.10 Å². The first-order chi connectivity index (χ1) is 14.1. The first kappa shape index (κ1) is 17.2. The van der Waals surface area contributed by atoms with Gasteiger partial charge < -0.3 is 14.3 Å². The molecule has 1 amide bonds. The minimum Gasteiger partial charge on any atom is -0.463 e. The van der Waals surface area contributed by atoms with Crippen LogP contribution in [0.25, 0.3) is 27.6 Å². The van der Waals surface area contributed by atoms with Gasteiger partial charge in [0.15, 0.2) is 5.58 Å². The summed E-state index contributed by atoms with van der Waals surface area (Å²) in [5, 5.41) is 7.03. The van der Waals surface area contributed by atoms with Crippen LogP contribution >= 0.6 is 0 Å². The van der Waals surface area contributed by atoms with E-state index in [-0.39, 0.29) is 24.4 Å². The molecule has 4 aromatic heterocycles. The van der Waals surface area contributed by atoms with Crippen molar-refractivity contribution in [1.29, 1.82) is 0 Å². The number of furan rings is 1. The second-order valence-electron chi connectivity index (χ2n) is 6.83. The summed E-state index contributed by atoms with van der Waals surface area (Å²) < 4.78 is 10.3. The Morgan fingerprint density at radius 3 is 2.90 bits per heavy atom. The predicted octanol–water partition coefficient (Wildman–Crippen LogP) is 1.84. The maximum atomic E-state index is 12.6. The Hall–Kier alpha value is -3.88. The quantitative estimate of drug-likeness (QED) is 0.494. The number of carbonyl (C=O) groups excluding carboxylic acids is 1. The molecule has 5 rings (SSSR count). The number of nitrogens with zero attached hydrogens (tertiary/aromatic N) is 5. The first-order valence-electron chi connectivity index (χ1n) is 9.23. The van der Waals surface area contributed by atoms with Crippen molar-refractivity contribution in [2.45, 2.75) is 19.5 Å². The van der Waals surface area contributed by atoms with Crippen LogP contribution in [0.4, 0.5) is 0 Å². The van der Waals surface area contributed by atoms with Crippen molar-refractivity contribution in [3.05, 3.63) is 65.2 Å². The standard InChI is InChI=1S/C20H18N6O3/c1-24-14-5-3-2-4-13(14)23-18(24)11-21-19(27)6-8-26-20(28)16-10-17-15(7-9-29-17)25(16)12-22-26/h2-5,7,9-10,12H,6,8,11H2,1H3,(H,21,27). The lowest BCUT2D eigenvalue weighted by Crippen LogP contribution is -2.29. The van der Waals surface area contributed by atoms with Gasteiger partial charge in [-0.25, -0.2) is 9.67 Å². The molecule has 146 valence electrons. The molecule has 0 unspecified atom stereocenters. The van der Waals surface area contributed by atoms with E-state index in [2.05, 4.69) is 15.4 Å². The highest BCUT2D eigenvalue weighted by Gasteiger charge is 2.12. The van der Waals surface area contributed by atoms with Crippen LogP contribution in [0.3, 0.4) is 0 Å². The summed E-state index contributed by atoms with van der Waals surface area (Å²) >= 11 is 0. The summed E-state index contributed by atoms with van der Waals surface area (Å²) in [5.74, 6) is 0.599. The van der Waals surface area contributed by atoms with Crippen molar-refractivity contribution in [2.24, 2.45) is 7.05 Å². The summed E-state index contributed by atoms with van der Waals surface area (Å²) in [7, 11) is 1.92. The van der Waals surface area contributed by atoms with Crippen molar-refractivity contribution >= 4 is 33.6 Å². The van der Waals surface area contributed by atoms with Gasteiger partial charge in [0.05, 0.1) is 35.9 Å². The van der Waals surface area contributed by atoms with Gasteiger partial charge >= 0.3 is 0 Å². The number of hydrogen-bond acceptors (Lipinski definition) is 5. The molecule has 1 N–H and O–H groups in total. The lowest BCUT2D eigenvalue weighted by atomic mass is 10.3. The molecule has 0 saturated heterocycles. The second-order valence-corrected chi connectivity index (χ2v) is 6.83. The number of rotatable bonds is 5. The number of aromatic nitrogens is 5. The van der Waals surface area contributed by atoms with E-state index < -0.39 is 0 Å². The maximum absolute atomic E-state index is 12.6. The summed E-state index contributed by atoms with van der Waals surface area (Å²) in [6, 6.07) is 11.3. The van der Waals surface area contributed by atoms with Gasteiger partial charge in [-0.1, -0.05) is 12.1 Å². The van der Waals surface area contributed by atoms with Crippen LogP contribution in [-0.2, 0) is 24.9 Å². The zero-order valence-electron chi connectivity index (χ0n) is 15.7. The van der Waals surface area contributed by atoms with Gasteiger partial charge in [0, 0.05) is 25.6 Å². The van der Waals surface area contributed by atoms with E-state index >= 15 is 0 Å². The molecule has 5 aromatic rings. The van der Waals surface area contributed by atoms with Gasteiger partial charge in [0.1, 0.15) is 17.7 Å². The Kier molecular flexibility index (Phi) is 3.94. The average Bonchev–Trinajstić information content (AvgIpc) is 3.40. The van der Waals surface area contributed by atoms with E-state index in [4.69, 9.17) is 4.42 Å². The number of benzene rings is 1. The Morgan fingerprint density at radius 2 is 2.03 bits per heavy atom. The lowest BCUT2D eigenvalue weighted by Gasteiger charge is -2.07. The molecule has 0 radical (unpaired) electrons. The summed E-state index contributed by atoms with van der Waals surface area (Å²) in [6.07, 6.45) is 3.27. The Labute approximate surface area is 164 Å². The second kappa shape index (κ2) is 6.62. The molecule has 0 aliphatic heterocycles. The Balaban J connectivity index is 1.27. The molecule has 0 atom stereocenters. The highest BCUT2D eigenvalue weighted by molar-refractivity contribution is 5.82. The fourth-order valence-electron chi connectivity index (χ4n) is 3.52. The van der Waals surface area contributed by atoms with Crippen LogP contribution in [-0.4, -0.2) is 29.6 Å². The highest BCUT2D eigenvalue weighted by Crippen LogP contribution is 2.18. The van der Waals surface area contributed by atoms with Crippen molar-refractivity contribution in [1.82, 2.24) is 29.0 Å². The van der Waals surface area contributed by atoms with Crippen LogP contribution in [0, 0.1) is 0 Å². The molecule has 0 spiro atoms. The fourth-order valence-corrected chi connectivity index (χ4v) is 3.52. The van der Waals surface area contributed by atoms with Gasteiger partial charge in [0.2, 0.25) is 5.91 Å². The predicted molar refractivity (Wildman–Crippen MR) is 106 cm³/mol. The smallest absolute Gasteiger partial charge is 0.291 e. The number of nitrogens with one attached hydrogen (secondary N) is 1. The molecule has 0 bridgehead atoms. The van der Waals surface area contributed by atoms with Gasteiger partial charge in [-0.05, 0) is 12.1 Å². The van der Waals surface area contributed by atoms with Gasteiger partial charge in [-0.3, -0.25) is 14.0 Å². The van der Waals surface area contributed by atoms with E-state index in [0.717, 1.165) is 22.4 Å². The molecule has 29 heavy (non-hydrogen) atoms. The van der Waals surface area contributed by atoms with E-state index in [1.54, 1.807) is 29.1 Å². The number of aryl methyl sites for hydroxylation is 2. The third-order valence-electron chi connectivity index (χ3n) is 5.09. The molecule has 9 nitrogen and oxygen atoms in total. The number of hydrogen-bond donors (Lipinski definition) is 1. The van der Waals surface area contributed by atoms with Crippen LogP contribution in [0.1, 0.15) is 12.2 Å². The van der Waals surface area contributed by atoms with Crippen molar-refractivity contribution < 1.29 is 9.21 Å². The summed E-state index contributed by atoms with van der Waals surface area (Å²) in [5.41, 5.74) is 3.52. The van der Waals surface area contributed by atoms with Crippen LogP contribution < -0.4 is 10.9 Å². The zero-order valence-corrected chi connectivity index (χ0v) is 15.7. The zero-order chi connectivity index (χ0) is 20.0. The monoisotopic (exact) mass is 390 g/mol. The molecular weight excluding hydrogens is 372 g/mol. The minimum atomic E-state index is -0.262. The molecule has 4 heterocycles.